The van der Waals surface area contributed by atoms with E-state index in [0.717, 1.165) is 20.3 Å². The van der Waals surface area contributed by atoms with Gasteiger partial charge in [-0.25, -0.2) is 4.98 Å². The van der Waals surface area contributed by atoms with Gasteiger partial charge in [-0.1, -0.05) is 6.07 Å². The van der Waals surface area contributed by atoms with Gasteiger partial charge in [-0.2, -0.15) is 4.98 Å². The Labute approximate surface area is 127 Å². The van der Waals surface area contributed by atoms with Crippen LogP contribution in [0.2, 0.25) is 0 Å². The zero-order valence-electron chi connectivity index (χ0n) is 9.65. The molecule has 0 saturated carbocycles. The van der Waals surface area contributed by atoms with Crippen LogP contribution >= 0.6 is 38.5 Å². The van der Waals surface area contributed by atoms with Crippen molar-refractivity contribution in [2.24, 2.45) is 0 Å². The summed E-state index contributed by atoms with van der Waals surface area (Å²) in [5, 5.41) is 3.05. The van der Waals surface area contributed by atoms with Crippen molar-refractivity contribution in [2.45, 2.75) is 6.92 Å². The largest absolute Gasteiger partial charge is 0.438 e. The van der Waals surface area contributed by atoms with Gasteiger partial charge in [-0.05, 0) is 63.6 Å². The standard InChI is InChI=1S/C12H11BrIN3O/c1-2-15-12-16-7-10(13)11(17-12)18-9-5-3-4-8(14)6-9/h3-7H,2H2,1H3,(H,15,16,17). The Morgan fingerprint density at radius 3 is 3.00 bits per heavy atom. The second-order valence-electron chi connectivity index (χ2n) is 3.44. The van der Waals surface area contributed by atoms with Crippen molar-refractivity contribution >= 4 is 44.5 Å². The number of hydrogen-bond donors (Lipinski definition) is 1. The minimum absolute atomic E-state index is 0.503. The quantitative estimate of drug-likeness (QED) is 0.759. The third-order valence-electron chi connectivity index (χ3n) is 2.06. The first kappa shape index (κ1) is 13.5. The lowest BCUT2D eigenvalue weighted by molar-refractivity contribution is 0.458. The highest BCUT2D eigenvalue weighted by Gasteiger charge is 2.07. The maximum Gasteiger partial charge on any atom is 0.238 e. The predicted molar refractivity (Wildman–Crippen MR) is 83.1 cm³/mol. The van der Waals surface area contributed by atoms with Crippen molar-refractivity contribution in [2.75, 3.05) is 11.9 Å². The lowest BCUT2D eigenvalue weighted by Gasteiger charge is -2.08. The summed E-state index contributed by atoms with van der Waals surface area (Å²) in [7, 11) is 0. The molecule has 0 atom stereocenters. The number of ether oxygens (including phenoxy) is 1. The molecule has 0 amide bonds. The van der Waals surface area contributed by atoms with E-state index in [2.05, 4.69) is 53.8 Å². The number of benzene rings is 1. The summed E-state index contributed by atoms with van der Waals surface area (Å²) in [6.07, 6.45) is 1.67. The van der Waals surface area contributed by atoms with Crippen molar-refractivity contribution in [1.82, 2.24) is 9.97 Å². The van der Waals surface area contributed by atoms with Gasteiger partial charge in [0, 0.05) is 10.1 Å². The third kappa shape index (κ3) is 3.55. The van der Waals surface area contributed by atoms with Crippen molar-refractivity contribution < 1.29 is 4.74 Å². The topological polar surface area (TPSA) is 47.0 Å². The Hall–Kier alpha value is -0.890. The normalized spacial score (nSPS) is 10.2. The Kier molecular flexibility index (Phi) is 4.76. The van der Waals surface area contributed by atoms with Gasteiger partial charge in [0.2, 0.25) is 11.8 Å². The minimum atomic E-state index is 0.503. The van der Waals surface area contributed by atoms with Crippen LogP contribution in [-0.4, -0.2) is 16.5 Å². The lowest BCUT2D eigenvalue weighted by Crippen LogP contribution is -2.03. The van der Waals surface area contributed by atoms with Crippen LogP contribution in [0.25, 0.3) is 0 Å². The van der Waals surface area contributed by atoms with Gasteiger partial charge < -0.3 is 10.1 Å². The Balaban J connectivity index is 2.25. The molecule has 4 nitrogen and oxygen atoms in total. The third-order valence-corrected chi connectivity index (χ3v) is 3.27. The average Bonchev–Trinajstić information content (AvgIpc) is 2.34. The number of nitrogens with one attached hydrogen (secondary N) is 1. The van der Waals surface area contributed by atoms with Crippen LogP contribution < -0.4 is 10.1 Å². The fraction of sp³-hybridized carbons (Fsp3) is 0.167. The van der Waals surface area contributed by atoms with Crippen molar-refractivity contribution in [3.05, 3.63) is 38.5 Å². The smallest absolute Gasteiger partial charge is 0.238 e. The molecule has 0 aliphatic rings. The molecule has 0 radical (unpaired) electrons. The first-order valence-electron chi connectivity index (χ1n) is 5.39. The highest BCUT2D eigenvalue weighted by molar-refractivity contribution is 14.1. The number of aromatic nitrogens is 2. The number of rotatable bonds is 4. The van der Waals surface area contributed by atoms with E-state index in [4.69, 9.17) is 4.74 Å². The van der Waals surface area contributed by atoms with E-state index in [1.807, 2.05) is 31.2 Å². The first-order chi connectivity index (χ1) is 8.69. The number of halogens is 2. The van der Waals surface area contributed by atoms with Crippen LogP contribution in [0.15, 0.2) is 34.9 Å². The fourth-order valence-electron chi connectivity index (χ4n) is 1.31. The van der Waals surface area contributed by atoms with E-state index in [1.165, 1.54) is 0 Å². The molecular weight excluding hydrogens is 409 g/mol. The Morgan fingerprint density at radius 1 is 1.44 bits per heavy atom. The minimum Gasteiger partial charge on any atom is -0.438 e. The van der Waals surface area contributed by atoms with E-state index in [9.17, 15) is 0 Å². The maximum atomic E-state index is 5.73. The molecule has 0 aliphatic carbocycles. The van der Waals surface area contributed by atoms with Gasteiger partial charge >= 0.3 is 0 Å². The molecule has 0 unspecified atom stereocenters. The van der Waals surface area contributed by atoms with Gasteiger partial charge in [-0.3, -0.25) is 0 Å². The number of nitrogens with zero attached hydrogens (tertiary/aromatic N) is 2. The van der Waals surface area contributed by atoms with Gasteiger partial charge in [0.25, 0.3) is 0 Å². The molecular formula is C12H11BrIN3O. The van der Waals surface area contributed by atoms with Crippen LogP contribution in [0.3, 0.4) is 0 Å². The molecule has 0 bridgehead atoms. The van der Waals surface area contributed by atoms with Gasteiger partial charge in [0.15, 0.2) is 0 Å². The SMILES string of the molecule is CCNc1ncc(Br)c(Oc2cccc(I)c2)n1. The van der Waals surface area contributed by atoms with E-state index in [0.29, 0.717) is 11.8 Å². The van der Waals surface area contributed by atoms with Crippen molar-refractivity contribution in [3.63, 3.8) is 0 Å². The lowest BCUT2D eigenvalue weighted by atomic mass is 10.3. The average molecular weight is 420 g/mol. The molecule has 0 spiro atoms. The Morgan fingerprint density at radius 2 is 2.28 bits per heavy atom. The summed E-state index contributed by atoms with van der Waals surface area (Å²) in [6, 6.07) is 7.79. The summed E-state index contributed by atoms with van der Waals surface area (Å²) in [4.78, 5) is 8.43. The second kappa shape index (κ2) is 6.33. The molecule has 0 aliphatic heterocycles. The molecule has 94 valence electrons. The van der Waals surface area contributed by atoms with E-state index in [-0.39, 0.29) is 0 Å². The number of hydrogen-bond acceptors (Lipinski definition) is 4. The molecule has 1 heterocycles. The van der Waals surface area contributed by atoms with Gasteiger partial charge in [-0.15, -0.1) is 0 Å². The molecule has 1 aromatic heterocycles. The van der Waals surface area contributed by atoms with E-state index < -0.39 is 0 Å². The summed E-state index contributed by atoms with van der Waals surface area (Å²) in [6.45, 7) is 2.76. The highest BCUT2D eigenvalue weighted by atomic mass is 127. The van der Waals surface area contributed by atoms with Crippen molar-refractivity contribution in [3.8, 4) is 11.6 Å². The molecule has 2 rings (SSSR count). The molecule has 0 fully saturated rings. The molecule has 6 heteroatoms. The van der Waals surface area contributed by atoms with Crippen LogP contribution in [0, 0.1) is 3.57 Å². The second-order valence-corrected chi connectivity index (χ2v) is 5.54. The monoisotopic (exact) mass is 419 g/mol. The van der Waals surface area contributed by atoms with Crippen LogP contribution in [0.4, 0.5) is 5.95 Å². The zero-order valence-corrected chi connectivity index (χ0v) is 13.4. The van der Waals surface area contributed by atoms with E-state index >= 15 is 0 Å². The maximum absolute atomic E-state index is 5.73. The molecule has 0 saturated heterocycles. The van der Waals surface area contributed by atoms with E-state index in [1.54, 1.807) is 6.20 Å². The van der Waals surface area contributed by atoms with Crippen LogP contribution in [0.5, 0.6) is 11.6 Å². The molecule has 1 N–H and O–H groups in total. The van der Waals surface area contributed by atoms with Crippen molar-refractivity contribution in [1.29, 1.82) is 0 Å². The summed E-state index contributed by atoms with van der Waals surface area (Å²) in [5.74, 6) is 1.81. The summed E-state index contributed by atoms with van der Waals surface area (Å²) >= 11 is 5.62. The van der Waals surface area contributed by atoms with Gasteiger partial charge in [0.1, 0.15) is 5.75 Å². The predicted octanol–water partition coefficient (Wildman–Crippen LogP) is 4.07. The van der Waals surface area contributed by atoms with Crippen LogP contribution in [-0.2, 0) is 0 Å². The zero-order chi connectivity index (χ0) is 13.0. The Bertz CT molecular complexity index is 551. The van der Waals surface area contributed by atoms with Gasteiger partial charge in [0.05, 0.1) is 10.7 Å². The fourth-order valence-corrected chi connectivity index (χ4v) is 2.09. The molecule has 18 heavy (non-hydrogen) atoms. The molecule has 1 aromatic carbocycles. The summed E-state index contributed by atoms with van der Waals surface area (Å²) < 4.78 is 7.57. The molecule has 2 aromatic rings. The first-order valence-corrected chi connectivity index (χ1v) is 7.26. The highest BCUT2D eigenvalue weighted by Crippen LogP contribution is 2.28. The number of anilines is 1. The summed E-state index contributed by atoms with van der Waals surface area (Å²) in [5.41, 5.74) is 0. The van der Waals surface area contributed by atoms with Crippen LogP contribution in [0.1, 0.15) is 6.92 Å².